The Kier molecular flexibility index (Phi) is 11.8. The van der Waals surface area contributed by atoms with Gasteiger partial charge in [-0.15, -0.1) is 22.7 Å². The molecule has 63 heavy (non-hydrogen) atoms. The number of nitriles is 1. The van der Waals surface area contributed by atoms with Gasteiger partial charge in [0, 0.05) is 31.3 Å². The van der Waals surface area contributed by atoms with Crippen LogP contribution in [-0.4, -0.2) is 112 Å². The normalized spacial score (nSPS) is 27.1. The van der Waals surface area contributed by atoms with Crippen LogP contribution in [-0.2, 0) is 29.7 Å². The minimum Gasteiger partial charge on any atom is -0.396 e. The maximum Gasteiger partial charge on any atom is 0.234 e. The van der Waals surface area contributed by atoms with Gasteiger partial charge in [0.15, 0.2) is 11.6 Å². The second-order valence-electron chi connectivity index (χ2n) is 17.2. The molecular formula is C44H49N9O7S3. The number of aliphatic hydroxyl groups excluding tert-OH is 2. The molecule has 10 rings (SSSR count). The zero-order valence-corrected chi connectivity index (χ0v) is 38.3. The smallest absolute Gasteiger partial charge is 0.234 e. The van der Waals surface area contributed by atoms with Crippen molar-refractivity contribution in [1.82, 2.24) is 29.9 Å². The van der Waals surface area contributed by atoms with Gasteiger partial charge in [0.2, 0.25) is 11.0 Å². The lowest BCUT2D eigenvalue weighted by Crippen LogP contribution is -2.35. The van der Waals surface area contributed by atoms with Gasteiger partial charge >= 0.3 is 0 Å². The highest BCUT2D eigenvalue weighted by molar-refractivity contribution is 7.84. The SMILES string of the molecule is Cc1nc(C#N)nc(N[C@@H]2C[C@H](CO)[C@H]3OC(C)(C)O[C@H]32)c1-c1nc2ccccc2s1.Cc1nc(S(C)=O)nc(N[C@@H]2C[C@H](CO)[C@H]3OC(C)(C)O[C@H]32)c1-c1nc2ccccc2s1. The van der Waals surface area contributed by atoms with Crippen LogP contribution >= 0.6 is 22.7 Å². The van der Waals surface area contributed by atoms with E-state index in [-0.39, 0.29) is 72.5 Å². The summed E-state index contributed by atoms with van der Waals surface area (Å²) in [6.45, 7) is 11.3. The molecule has 0 amide bonds. The maximum atomic E-state index is 12.2. The van der Waals surface area contributed by atoms with Crippen molar-refractivity contribution in [3.05, 3.63) is 65.7 Å². The first kappa shape index (κ1) is 43.6. The lowest BCUT2D eigenvalue weighted by molar-refractivity contribution is -0.159. The van der Waals surface area contributed by atoms with Crippen LogP contribution in [0.5, 0.6) is 0 Å². The van der Waals surface area contributed by atoms with E-state index in [0.29, 0.717) is 35.9 Å². The molecule has 0 radical (unpaired) electrons. The number of para-hydroxylation sites is 2. The number of aliphatic hydroxyl groups is 2. The minimum absolute atomic E-state index is 0.0236. The van der Waals surface area contributed by atoms with Gasteiger partial charge in [-0.25, -0.2) is 29.9 Å². The van der Waals surface area contributed by atoms with Gasteiger partial charge in [0.05, 0.1) is 78.0 Å². The lowest BCUT2D eigenvalue weighted by atomic mass is 10.1. The molecule has 4 fully saturated rings. The van der Waals surface area contributed by atoms with E-state index < -0.39 is 22.4 Å². The summed E-state index contributed by atoms with van der Waals surface area (Å²) in [4.78, 5) is 27.5. The quantitative estimate of drug-likeness (QED) is 0.116. The third kappa shape index (κ3) is 8.56. The molecule has 330 valence electrons. The van der Waals surface area contributed by atoms with Crippen LogP contribution in [0.25, 0.3) is 41.6 Å². The molecule has 4 aliphatic rings. The Morgan fingerprint density at radius 2 is 1.14 bits per heavy atom. The zero-order valence-electron chi connectivity index (χ0n) is 35.9. The van der Waals surface area contributed by atoms with Crippen LogP contribution in [0.3, 0.4) is 0 Å². The number of benzene rings is 2. The average Bonchev–Trinajstić information content (AvgIpc) is 4.09. The van der Waals surface area contributed by atoms with E-state index in [1.165, 1.54) is 0 Å². The lowest BCUT2D eigenvalue weighted by Gasteiger charge is -2.24. The first-order chi connectivity index (χ1) is 30.1. The molecule has 19 heteroatoms. The zero-order chi connectivity index (χ0) is 44.4. The van der Waals surface area contributed by atoms with Crippen molar-refractivity contribution < 1.29 is 33.4 Å². The molecule has 9 atom stereocenters. The van der Waals surface area contributed by atoms with Crippen molar-refractivity contribution >= 4 is 65.5 Å². The van der Waals surface area contributed by atoms with Gasteiger partial charge in [0.25, 0.3) is 0 Å². The topological polar surface area (TPSA) is 220 Å². The molecule has 4 aromatic heterocycles. The predicted molar refractivity (Wildman–Crippen MR) is 241 cm³/mol. The van der Waals surface area contributed by atoms with Crippen molar-refractivity contribution in [3.8, 4) is 27.2 Å². The third-order valence-electron chi connectivity index (χ3n) is 11.8. The van der Waals surface area contributed by atoms with Crippen molar-refractivity contribution in [3.63, 3.8) is 0 Å². The maximum absolute atomic E-state index is 12.2. The van der Waals surface area contributed by atoms with Crippen LogP contribution in [0, 0.1) is 37.0 Å². The summed E-state index contributed by atoms with van der Waals surface area (Å²) in [5.74, 6) is -0.255. The van der Waals surface area contributed by atoms with Crippen molar-refractivity contribution in [2.24, 2.45) is 11.8 Å². The van der Waals surface area contributed by atoms with Crippen LogP contribution in [0.4, 0.5) is 11.6 Å². The molecule has 2 saturated carbocycles. The number of hydrogen-bond acceptors (Lipinski definition) is 18. The van der Waals surface area contributed by atoms with Crippen LogP contribution in [0.15, 0.2) is 53.7 Å². The Morgan fingerprint density at radius 3 is 1.59 bits per heavy atom. The number of aromatic nitrogens is 6. The molecule has 6 aromatic rings. The largest absolute Gasteiger partial charge is 0.396 e. The van der Waals surface area contributed by atoms with Gasteiger partial charge < -0.3 is 39.8 Å². The van der Waals surface area contributed by atoms with E-state index in [1.807, 2.05) is 96.1 Å². The van der Waals surface area contributed by atoms with Gasteiger partial charge in [-0.2, -0.15) is 5.26 Å². The highest BCUT2D eigenvalue weighted by Crippen LogP contribution is 2.46. The molecular weight excluding hydrogens is 863 g/mol. The molecule has 2 aromatic carbocycles. The van der Waals surface area contributed by atoms with E-state index in [1.54, 1.807) is 28.9 Å². The molecule has 0 bridgehead atoms. The van der Waals surface area contributed by atoms with Gasteiger partial charge in [-0.05, 0) is 78.6 Å². The predicted octanol–water partition coefficient (Wildman–Crippen LogP) is 6.36. The van der Waals surface area contributed by atoms with Crippen molar-refractivity contribution in [2.45, 2.75) is 108 Å². The van der Waals surface area contributed by atoms with Crippen LogP contribution in [0.1, 0.15) is 57.7 Å². The summed E-state index contributed by atoms with van der Waals surface area (Å²) in [5, 5.41) is 38.1. The summed E-state index contributed by atoms with van der Waals surface area (Å²) in [7, 11) is -1.33. The van der Waals surface area contributed by atoms with E-state index in [9.17, 15) is 19.7 Å². The number of nitrogens with zero attached hydrogens (tertiary/aromatic N) is 7. The third-order valence-corrected chi connectivity index (χ3v) is 14.6. The molecule has 2 aliphatic heterocycles. The summed E-state index contributed by atoms with van der Waals surface area (Å²) in [5.41, 5.74) is 4.79. The summed E-state index contributed by atoms with van der Waals surface area (Å²) in [6, 6.07) is 17.7. The van der Waals surface area contributed by atoms with E-state index >= 15 is 0 Å². The first-order valence-electron chi connectivity index (χ1n) is 20.8. The average molecular weight is 912 g/mol. The fourth-order valence-electron chi connectivity index (χ4n) is 9.14. The Hall–Kier alpha value is -4.62. The van der Waals surface area contributed by atoms with Crippen molar-refractivity contribution in [1.29, 1.82) is 5.26 Å². The monoisotopic (exact) mass is 911 g/mol. The highest BCUT2D eigenvalue weighted by atomic mass is 32.2. The number of ether oxygens (including phenoxy) is 4. The second kappa shape index (κ2) is 17.1. The fourth-order valence-corrected chi connectivity index (χ4v) is 11.8. The summed E-state index contributed by atoms with van der Waals surface area (Å²) in [6.07, 6.45) is 2.08. The minimum atomic E-state index is -1.33. The number of thiazole rings is 2. The Labute approximate surface area is 374 Å². The molecule has 2 saturated heterocycles. The standard InChI is InChI=1S/C22H23N5O3S.C22H26N4O4S2/c1-11-17(21-26-13-6-4-5-7-15(13)31-21)20(27-16(9-23)24-11)25-14-8-12(10-28)18-19(14)30-22(2,3)29-18;1-11-16(20-25-13-7-5-6-8-15(13)31-20)19(26-21(23-11)32(4)28)24-14-9-12(10-27)17-18(14)30-22(2,3)29-17/h4-7,12,14,18-19,28H,8,10H2,1-3H3,(H,24,25,27);5-8,12,14,17-18,27H,9-10H2,1-4H3,(H,23,24,26)/t12-,14-,18-,19+;12-,14-,17-,18+,32?/m11/s1. The second-order valence-corrected chi connectivity index (χ2v) is 20.5. The molecule has 2 aliphatic carbocycles. The van der Waals surface area contributed by atoms with Crippen molar-refractivity contribution in [2.75, 3.05) is 30.1 Å². The van der Waals surface area contributed by atoms with E-state index in [0.717, 1.165) is 41.6 Å². The van der Waals surface area contributed by atoms with Gasteiger partial charge in [-0.1, -0.05) is 24.3 Å². The van der Waals surface area contributed by atoms with Gasteiger partial charge in [-0.3, -0.25) is 4.21 Å². The summed E-state index contributed by atoms with van der Waals surface area (Å²) < 4.78 is 38.8. The highest BCUT2D eigenvalue weighted by Gasteiger charge is 2.55. The number of fused-ring (bicyclic) bond motifs is 4. The Balaban J connectivity index is 0.000000160. The molecule has 6 heterocycles. The Bertz CT molecular complexity index is 2690. The molecule has 16 nitrogen and oxygen atoms in total. The van der Waals surface area contributed by atoms with E-state index in [4.69, 9.17) is 28.9 Å². The van der Waals surface area contributed by atoms with Crippen LogP contribution < -0.4 is 10.6 Å². The molecule has 1 unspecified atom stereocenters. The first-order valence-corrected chi connectivity index (χ1v) is 24.0. The van der Waals surface area contributed by atoms with Gasteiger partial charge in [0.1, 0.15) is 39.9 Å². The molecule has 0 spiro atoms. The molecule has 4 N–H and O–H groups in total. The number of hydrogen-bond donors (Lipinski definition) is 4. The number of nitrogens with one attached hydrogen (secondary N) is 2. The number of anilines is 2. The Morgan fingerprint density at radius 1 is 0.698 bits per heavy atom. The number of rotatable bonds is 9. The fraction of sp³-hybridized carbons (Fsp3) is 0.477. The van der Waals surface area contributed by atoms with Crippen LogP contribution in [0.2, 0.25) is 0 Å². The summed E-state index contributed by atoms with van der Waals surface area (Å²) >= 11 is 3.14. The number of aryl methyl sites for hydroxylation is 2. The van der Waals surface area contributed by atoms with E-state index in [2.05, 4.69) is 30.6 Å².